The molecule has 0 atom stereocenters. The minimum Gasteiger partial charge on any atom is -0.492 e. The van der Waals surface area contributed by atoms with Crippen LogP contribution in [0.2, 0.25) is 0 Å². The highest BCUT2D eigenvalue weighted by atomic mass is 16.5. The number of nitrogens with one attached hydrogen (secondary N) is 1. The van der Waals surface area contributed by atoms with Crippen LogP contribution in [0.3, 0.4) is 0 Å². The summed E-state index contributed by atoms with van der Waals surface area (Å²) in [5.41, 5.74) is 6.90. The molecule has 116 valence electrons. The van der Waals surface area contributed by atoms with Gasteiger partial charge in [-0.3, -0.25) is 4.79 Å². The lowest BCUT2D eigenvalue weighted by molar-refractivity contribution is 0.0950. The summed E-state index contributed by atoms with van der Waals surface area (Å²) in [4.78, 5) is 16.2. The smallest absolute Gasteiger partial charge is 0.260 e. The summed E-state index contributed by atoms with van der Waals surface area (Å²) in [7, 11) is 0. The zero-order valence-electron chi connectivity index (χ0n) is 12.5. The van der Waals surface area contributed by atoms with E-state index in [-0.39, 0.29) is 17.3 Å². The van der Waals surface area contributed by atoms with Crippen LogP contribution in [0, 0.1) is 0 Å². The minimum absolute atomic E-state index is 0.0765. The molecule has 3 N–H and O–H groups in total. The van der Waals surface area contributed by atoms with Gasteiger partial charge in [-0.25, -0.2) is 0 Å². The van der Waals surface area contributed by atoms with E-state index in [4.69, 9.17) is 15.0 Å². The van der Waals surface area contributed by atoms with E-state index < -0.39 is 0 Å². The van der Waals surface area contributed by atoms with E-state index in [0.29, 0.717) is 36.8 Å². The Morgan fingerprint density at radius 2 is 2.27 bits per heavy atom. The molecule has 1 aromatic carbocycles. The maximum absolute atomic E-state index is 12.3. The van der Waals surface area contributed by atoms with Crippen LogP contribution in [0.25, 0.3) is 0 Å². The molecule has 0 fully saturated rings. The highest BCUT2D eigenvalue weighted by Gasteiger charge is 2.34. The van der Waals surface area contributed by atoms with E-state index in [0.717, 1.165) is 5.56 Å². The van der Waals surface area contributed by atoms with Gasteiger partial charge in [-0.15, -0.1) is 0 Å². The molecule has 0 radical (unpaired) electrons. The summed E-state index contributed by atoms with van der Waals surface area (Å²) in [6, 6.07) is 5.64. The molecule has 0 bridgehead atoms. The Balaban J connectivity index is 1.67. The summed E-state index contributed by atoms with van der Waals surface area (Å²) in [5.74, 6) is 0.986. The van der Waals surface area contributed by atoms with Crippen LogP contribution < -0.4 is 15.8 Å². The summed E-state index contributed by atoms with van der Waals surface area (Å²) in [5, 5.41) is 6.32. The third-order valence-electron chi connectivity index (χ3n) is 3.67. The average Bonchev–Trinajstić information content (AvgIpc) is 3.03. The third kappa shape index (κ3) is 2.61. The van der Waals surface area contributed by atoms with Gasteiger partial charge in [0.15, 0.2) is 0 Å². The zero-order valence-corrected chi connectivity index (χ0v) is 12.5. The Bertz CT molecular complexity index is 709. The molecule has 2 aromatic rings. The molecule has 2 heterocycles. The van der Waals surface area contributed by atoms with Gasteiger partial charge < -0.3 is 20.3 Å². The van der Waals surface area contributed by atoms with Crippen LogP contribution in [-0.2, 0) is 11.8 Å². The highest BCUT2D eigenvalue weighted by Crippen LogP contribution is 2.40. The van der Waals surface area contributed by atoms with Crippen molar-refractivity contribution in [1.29, 1.82) is 0 Å². The van der Waals surface area contributed by atoms with Crippen molar-refractivity contribution < 1.29 is 14.1 Å². The van der Waals surface area contributed by atoms with Gasteiger partial charge in [0, 0.05) is 23.9 Å². The first-order valence-corrected chi connectivity index (χ1v) is 7.10. The highest BCUT2D eigenvalue weighted by molar-refractivity contribution is 5.97. The lowest BCUT2D eigenvalue weighted by atomic mass is 9.86. The maximum Gasteiger partial charge on any atom is 0.260 e. The number of anilines is 1. The number of rotatable bonds is 4. The average molecular weight is 302 g/mol. The van der Waals surface area contributed by atoms with E-state index in [1.165, 1.54) is 0 Å². The first kappa shape index (κ1) is 14.4. The number of hydrogen-bond acceptors (Lipinski definition) is 6. The van der Waals surface area contributed by atoms with Gasteiger partial charge in [-0.2, -0.15) is 4.98 Å². The number of fused-ring (bicyclic) bond motifs is 1. The molecular weight excluding hydrogens is 284 g/mol. The second-order valence-electron chi connectivity index (χ2n) is 5.91. The van der Waals surface area contributed by atoms with Crippen LogP contribution in [0.15, 0.2) is 22.7 Å². The van der Waals surface area contributed by atoms with Crippen molar-refractivity contribution in [2.45, 2.75) is 25.7 Å². The molecular formula is C15H18N4O3. The number of carbonyl (C=O) groups is 1. The first-order chi connectivity index (χ1) is 10.5. The Morgan fingerprint density at radius 1 is 1.45 bits per heavy atom. The van der Waals surface area contributed by atoms with Crippen molar-refractivity contribution >= 4 is 11.9 Å². The molecule has 0 aliphatic carbocycles. The Hall–Kier alpha value is -2.57. The van der Waals surface area contributed by atoms with Gasteiger partial charge in [0.25, 0.3) is 11.9 Å². The number of amides is 1. The van der Waals surface area contributed by atoms with Crippen molar-refractivity contribution in [1.82, 2.24) is 15.5 Å². The van der Waals surface area contributed by atoms with Crippen LogP contribution in [-0.4, -0.2) is 29.2 Å². The van der Waals surface area contributed by atoms with Crippen molar-refractivity contribution in [2.24, 2.45) is 0 Å². The standard InChI is InChI=1S/C15H18N4O3/c1-15(2)8-21-12-9(4-3-5-10(12)15)13(20)17-7-6-11-18-14(16)19-22-11/h3-5H,6-8H2,1-2H3,(H2,16,19)(H,17,20). The van der Waals surface area contributed by atoms with Gasteiger partial charge in [-0.05, 0) is 11.2 Å². The second-order valence-corrected chi connectivity index (χ2v) is 5.91. The number of carbonyl (C=O) groups excluding carboxylic acids is 1. The van der Waals surface area contributed by atoms with Crippen LogP contribution in [0.4, 0.5) is 5.95 Å². The lowest BCUT2D eigenvalue weighted by Gasteiger charge is -2.15. The molecule has 0 saturated heterocycles. The van der Waals surface area contributed by atoms with Gasteiger partial charge in [0.05, 0.1) is 12.2 Å². The Morgan fingerprint density at radius 3 is 3.00 bits per heavy atom. The van der Waals surface area contributed by atoms with Crippen molar-refractivity contribution in [3.8, 4) is 5.75 Å². The molecule has 3 rings (SSSR count). The summed E-state index contributed by atoms with van der Waals surface area (Å²) in [6.07, 6.45) is 0.428. The minimum atomic E-state index is -0.179. The lowest BCUT2D eigenvalue weighted by Crippen LogP contribution is -2.26. The number of nitrogens with two attached hydrogens (primary N) is 1. The molecule has 0 saturated carbocycles. The number of hydrogen-bond donors (Lipinski definition) is 2. The molecule has 7 heteroatoms. The summed E-state index contributed by atoms with van der Waals surface area (Å²) >= 11 is 0. The number of benzene rings is 1. The molecule has 0 unspecified atom stereocenters. The van der Waals surface area contributed by atoms with Gasteiger partial charge in [-0.1, -0.05) is 26.0 Å². The van der Waals surface area contributed by atoms with Crippen LogP contribution >= 0.6 is 0 Å². The van der Waals surface area contributed by atoms with Crippen LogP contribution in [0.5, 0.6) is 5.75 Å². The second kappa shape index (κ2) is 5.32. The fourth-order valence-electron chi connectivity index (χ4n) is 2.48. The van der Waals surface area contributed by atoms with Crippen molar-refractivity contribution in [3.05, 3.63) is 35.2 Å². The number of aromatic nitrogens is 2. The SMILES string of the molecule is CC1(C)COc2c(C(=O)NCCc3nc(N)no3)cccc21. The summed E-state index contributed by atoms with van der Waals surface area (Å²) in [6.45, 7) is 5.16. The zero-order chi connectivity index (χ0) is 15.7. The first-order valence-electron chi connectivity index (χ1n) is 7.10. The molecule has 22 heavy (non-hydrogen) atoms. The topological polar surface area (TPSA) is 103 Å². The largest absolute Gasteiger partial charge is 0.492 e. The molecule has 7 nitrogen and oxygen atoms in total. The van der Waals surface area contributed by atoms with E-state index in [1.54, 1.807) is 6.07 Å². The van der Waals surface area contributed by atoms with E-state index >= 15 is 0 Å². The van der Waals surface area contributed by atoms with Gasteiger partial charge in [0.1, 0.15) is 5.75 Å². The maximum atomic E-state index is 12.3. The monoisotopic (exact) mass is 302 g/mol. The fraction of sp³-hybridized carbons (Fsp3) is 0.400. The Kier molecular flexibility index (Phi) is 3.48. The van der Waals surface area contributed by atoms with Gasteiger partial charge in [0.2, 0.25) is 5.89 Å². The summed E-state index contributed by atoms with van der Waals surface area (Å²) < 4.78 is 10.6. The predicted molar refractivity (Wildman–Crippen MR) is 79.7 cm³/mol. The van der Waals surface area contributed by atoms with Crippen molar-refractivity contribution in [3.63, 3.8) is 0 Å². The predicted octanol–water partition coefficient (Wildman–Crippen LogP) is 1.29. The van der Waals surface area contributed by atoms with E-state index in [2.05, 4.69) is 29.3 Å². The van der Waals surface area contributed by atoms with Gasteiger partial charge >= 0.3 is 0 Å². The van der Waals surface area contributed by atoms with Crippen molar-refractivity contribution in [2.75, 3.05) is 18.9 Å². The molecule has 1 aliphatic heterocycles. The third-order valence-corrected chi connectivity index (χ3v) is 3.67. The Labute approximate surface area is 127 Å². The fourth-order valence-corrected chi connectivity index (χ4v) is 2.48. The quantitative estimate of drug-likeness (QED) is 0.882. The number of para-hydroxylation sites is 1. The molecule has 1 aromatic heterocycles. The number of ether oxygens (including phenoxy) is 1. The van der Waals surface area contributed by atoms with Crippen LogP contribution in [0.1, 0.15) is 35.7 Å². The molecule has 1 amide bonds. The number of nitrogen functional groups attached to an aromatic ring is 1. The normalized spacial score (nSPS) is 15.2. The van der Waals surface area contributed by atoms with E-state index in [1.807, 2.05) is 12.1 Å². The molecule has 0 spiro atoms. The molecule has 1 aliphatic rings. The van der Waals surface area contributed by atoms with E-state index in [9.17, 15) is 4.79 Å². The number of nitrogens with zero attached hydrogens (tertiary/aromatic N) is 2.